The summed E-state index contributed by atoms with van der Waals surface area (Å²) >= 11 is 0. The van der Waals surface area contributed by atoms with Gasteiger partial charge in [-0.1, -0.05) is 5.57 Å². The Balaban J connectivity index is 2.90. The zero-order valence-electron chi connectivity index (χ0n) is 5.70. The molecule has 0 aliphatic heterocycles. The second kappa shape index (κ2) is 2.78. The first-order valence-corrected chi connectivity index (χ1v) is 3.08. The number of halogens is 2. The van der Waals surface area contributed by atoms with Gasteiger partial charge in [-0.2, -0.15) is 0 Å². The lowest BCUT2D eigenvalue weighted by Gasteiger charge is -1.88. The molecule has 0 fully saturated rings. The highest BCUT2D eigenvalue weighted by molar-refractivity contribution is 5.29. The molecule has 0 saturated carbocycles. The molecular formula is C8H8F2. The second-order valence-electron chi connectivity index (χ2n) is 2.31. The van der Waals surface area contributed by atoms with Crippen molar-refractivity contribution < 1.29 is 8.78 Å². The van der Waals surface area contributed by atoms with Crippen LogP contribution in [0.15, 0.2) is 35.5 Å². The minimum atomic E-state index is -0.510. The molecule has 0 atom stereocenters. The van der Waals surface area contributed by atoms with Crippen LogP contribution in [0.3, 0.4) is 0 Å². The maximum atomic E-state index is 12.4. The lowest BCUT2D eigenvalue weighted by molar-refractivity contribution is 0.632. The Hall–Kier alpha value is -0.920. The molecule has 0 spiro atoms. The Morgan fingerprint density at radius 2 is 1.90 bits per heavy atom. The summed E-state index contributed by atoms with van der Waals surface area (Å²) in [6, 6.07) is 0. The number of allylic oxidation sites excluding steroid dienone is 6. The number of rotatable bonds is 0. The van der Waals surface area contributed by atoms with Gasteiger partial charge in [0.2, 0.25) is 0 Å². The van der Waals surface area contributed by atoms with Crippen molar-refractivity contribution in [2.24, 2.45) is 0 Å². The highest BCUT2D eigenvalue weighted by Gasteiger charge is 1.99. The van der Waals surface area contributed by atoms with Crippen LogP contribution in [0.4, 0.5) is 8.78 Å². The fourth-order valence-corrected chi connectivity index (χ4v) is 0.785. The summed E-state index contributed by atoms with van der Waals surface area (Å²) in [5, 5.41) is 0. The van der Waals surface area contributed by atoms with Crippen LogP contribution < -0.4 is 0 Å². The van der Waals surface area contributed by atoms with Gasteiger partial charge in [-0.15, -0.1) is 0 Å². The Labute approximate surface area is 58.6 Å². The van der Waals surface area contributed by atoms with Crippen LogP contribution in [-0.2, 0) is 0 Å². The summed E-state index contributed by atoms with van der Waals surface area (Å²) in [4.78, 5) is 0. The lowest BCUT2D eigenvalue weighted by Crippen LogP contribution is -1.69. The number of hydrogen-bond donors (Lipinski definition) is 0. The molecule has 0 amide bonds. The molecule has 0 nitrogen and oxygen atoms in total. The van der Waals surface area contributed by atoms with Crippen molar-refractivity contribution in [3.05, 3.63) is 35.5 Å². The first-order valence-electron chi connectivity index (χ1n) is 3.08. The van der Waals surface area contributed by atoms with E-state index in [0.717, 1.165) is 11.6 Å². The summed E-state index contributed by atoms with van der Waals surface area (Å²) in [7, 11) is 0. The predicted octanol–water partition coefficient (Wildman–Crippen LogP) is 3.04. The van der Waals surface area contributed by atoms with E-state index in [9.17, 15) is 8.78 Å². The van der Waals surface area contributed by atoms with Crippen LogP contribution in [0.1, 0.15) is 13.3 Å². The molecule has 0 heterocycles. The van der Waals surface area contributed by atoms with E-state index in [1.807, 2.05) is 0 Å². The van der Waals surface area contributed by atoms with E-state index in [1.54, 1.807) is 6.92 Å². The molecule has 1 aliphatic carbocycles. The molecule has 0 unspecified atom stereocenters. The van der Waals surface area contributed by atoms with E-state index in [-0.39, 0.29) is 0 Å². The average molecular weight is 142 g/mol. The van der Waals surface area contributed by atoms with Gasteiger partial charge in [0.15, 0.2) is 0 Å². The molecule has 0 saturated heterocycles. The van der Waals surface area contributed by atoms with Crippen molar-refractivity contribution in [1.82, 2.24) is 0 Å². The van der Waals surface area contributed by atoms with Gasteiger partial charge in [-0.25, -0.2) is 8.78 Å². The maximum Gasteiger partial charge on any atom is 0.126 e. The smallest absolute Gasteiger partial charge is 0.126 e. The SMILES string of the molecule is CC1=CC(F)=CC(F)=CC1. The molecule has 0 aromatic rings. The van der Waals surface area contributed by atoms with Gasteiger partial charge in [0.05, 0.1) is 0 Å². The third kappa shape index (κ3) is 1.79. The average Bonchev–Trinajstić information content (AvgIpc) is 1.93. The fourth-order valence-electron chi connectivity index (χ4n) is 0.785. The largest absolute Gasteiger partial charge is 0.207 e. The van der Waals surface area contributed by atoms with Crippen molar-refractivity contribution in [2.45, 2.75) is 13.3 Å². The monoisotopic (exact) mass is 142 g/mol. The standard InChI is InChI=1S/C8H8F2/c1-6-2-3-7(9)5-8(10)4-6/h3-5H,2H2,1H3. The fraction of sp³-hybridized carbons (Fsp3) is 0.250. The maximum absolute atomic E-state index is 12.4. The van der Waals surface area contributed by atoms with Crippen molar-refractivity contribution in [2.75, 3.05) is 0 Å². The van der Waals surface area contributed by atoms with Gasteiger partial charge in [-0.05, 0) is 25.5 Å². The third-order valence-electron chi connectivity index (χ3n) is 1.28. The first kappa shape index (κ1) is 7.19. The summed E-state index contributed by atoms with van der Waals surface area (Å²) in [6.07, 6.45) is 4.08. The van der Waals surface area contributed by atoms with E-state index in [2.05, 4.69) is 0 Å². The summed E-state index contributed by atoms with van der Waals surface area (Å²) in [5.41, 5.74) is 0.835. The second-order valence-corrected chi connectivity index (χ2v) is 2.31. The van der Waals surface area contributed by atoms with E-state index in [1.165, 1.54) is 12.2 Å². The normalized spacial score (nSPS) is 18.9. The molecular weight excluding hydrogens is 134 g/mol. The topological polar surface area (TPSA) is 0 Å². The van der Waals surface area contributed by atoms with Crippen LogP contribution >= 0.6 is 0 Å². The molecule has 0 aromatic heterocycles. The quantitative estimate of drug-likeness (QED) is 0.487. The highest BCUT2D eigenvalue weighted by atomic mass is 19.1. The summed E-state index contributed by atoms with van der Waals surface area (Å²) in [6.45, 7) is 1.77. The van der Waals surface area contributed by atoms with Gasteiger partial charge in [-0.3, -0.25) is 0 Å². The number of hydrogen-bond acceptors (Lipinski definition) is 0. The van der Waals surface area contributed by atoms with Gasteiger partial charge in [0, 0.05) is 6.08 Å². The molecule has 2 heteroatoms. The van der Waals surface area contributed by atoms with E-state index in [4.69, 9.17) is 0 Å². The highest BCUT2D eigenvalue weighted by Crippen LogP contribution is 2.17. The third-order valence-corrected chi connectivity index (χ3v) is 1.28. The van der Waals surface area contributed by atoms with Crippen LogP contribution in [0, 0.1) is 0 Å². The molecule has 1 aliphatic rings. The molecule has 0 radical (unpaired) electrons. The zero-order valence-corrected chi connectivity index (χ0v) is 5.70. The molecule has 0 N–H and O–H groups in total. The Morgan fingerprint density at radius 3 is 2.60 bits per heavy atom. The first-order chi connectivity index (χ1) is 4.68. The van der Waals surface area contributed by atoms with Crippen LogP contribution in [0.25, 0.3) is 0 Å². The molecule has 10 heavy (non-hydrogen) atoms. The van der Waals surface area contributed by atoms with Gasteiger partial charge < -0.3 is 0 Å². The Kier molecular flexibility index (Phi) is 2.00. The predicted molar refractivity (Wildman–Crippen MR) is 36.8 cm³/mol. The summed E-state index contributed by atoms with van der Waals surface area (Å²) in [5.74, 6) is -1.01. The molecule has 54 valence electrons. The van der Waals surface area contributed by atoms with E-state index in [0.29, 0.717) is 6.42 Å². The van der Waals surface area contributed by atoms with Crippen molar-refractivity contribution in [3.63, 3.8) is 0 Å². The molecule has 0 bridgehead atoms. The molecule has 1 rings (SSSR count). The van der Waals surface area contributed by atoms with Gasteiger partial charge in [0.25, 0.3) is 0 Å². The van der Waals surface area contributed by atoms with Gasteiger partial charge >= 0.3 is 0 Å². The zero-order chi connectivity index (χ0) is 7.56. The summed E-state index contributed by atoms with van der Waals surface area (Å²) < 4.78 is 24.8. The van der Waals surface area contributed by atoms with Crippen molar-refractivity contribution >= 4 is 0 Å². The Bertz CT molecular complexity index is 221. The van der Waals surface area contributed by atoms with E-state index >= 15 is 0 Å². The minimum Gasteiger partial charge on any atom is -0.207 e. The molecule has 0 aromatic carbocycles. The van der Waals surface area contributed by atoms with Crippen molar-refractivity contribution in [3.8, 4) is 0 Å². The lowest BCUT2D eigenvalue weighted by atomic mass is 10.2. The van der Waals surface area contributed by atoms with Crippen LogP contribution in [0.5, 0.6) is 0 Å². The Morgan fingerprint density at radius 1 is 1.20 bits per heavy atom. The minimum absolute atomic E-state index is 0.495. The van der Waals surface area contributed by atoms with E-state index < -0.39 is 11.7 Å². The van der Waals surface area contributed by atoms with Gasteiger partial charge in [0.1, 0.15) is 11.7 Å². The van der Waals surface area contributed by atoms with Crippen molar-refractivity contribution in [1.29, 1.82) is 0 Å². The van der Waals surface area contributed by atoms with Crippen LogP contribution in [0.2, 0.25) is 0 Å². The van der Waals surface area contributed by atoms with Crippen LogP contribution in [-0.4, -0.2) is 0 Å².